The van der Waals surface area contributed by atoms with Crippen LogP contribution in [0.3, 0.4) is 0 Å². The monoisotopic (exact) mass is 405 g/mol. The Morgan fingerprint density at radius 2 is 1.90 bits per heavy atom. The van der Waals surface area contributed by atoms with Crippen molar-refractivity contribution in [3.05, 3.63) is 70.7 Å². The van der Waals surface area contributed by atoms with Crippen LogP contribution in [0.15, 0.2) is 54.6 Å². The third-order valence-electron chi connectivity index (χ3n) is 4.88. The summed E-state index contributed by atoms with van der Waals surface area (Å²) in [6, 6.07) is 17.2. The van der Waals surface area contributed by atoms with Crippen LogP contribution in [0, 0.1) is 0 Å². The van der Waals surface area contributed by atoms with Crippen LogP contribution in [-0.2, 0) is 17.8 Å². The number of fused-ring (bicyclic) bond motifs is 2. The maximum absolute atomic E-state index is 12.6. The Bertz CT molecular complexity index is 1210. The van der Waals surface area contributed by atoms with Crippen molar-refractivity contribution in [3.63, 3.8) is 0 Å². The highest BCUT2D eigenvalue weighted by Crippen LogP contribution is 2.32. The molecule has 0 atom stereocenters. The SMILES string of the molecule is O=C1CCc2cc(Nc3ccc4nnnn4n3)ccc2N1Cc1ccc(Cl)cc1. The first-order chi connectivity index (χ1) is 14.2. The first kappa shape index (κ1) is 17.6. The van der Waals surface area contributed by atoms with Gasteiger partial charge in [-0.05, 0) is 70.4 Å². The number of rotatable bonds is 4. The second-order valence-electron chi connectivity index (χ2n) is 6.82. The normalized spacial score (nSPS) is 13.6. The molecule has 0 unspecified atom stereocenters. The van der Waals surface area contributed by atoms with Crippen LogP contribution in [0.5, 0.6) is 0 Å². The fourth-order valence-corrected chi connectivity index (χ4v) is 3.57. The van der Waals surface area contributed by atoms with Crippen LogP contribution in [0.1, 0.15) is 17.5 Å². The van der Waals surface area contributed by atoms with E-state index in [1.165, 1.54) is 4.63 Å². The number of aromatic nitrogens is 5. The lowest BCUT2D eigenvalue weighted by Gasteiger charge is -2.30. The van der Waals surface area contributed by atoms with Gasteiger partial charge in [-0.15, -0.1) is 14.8 Å². The molecule has 0 spiro atoms. The molecule has 0 saturated carbocycles. The second kappa shape index (κ2) is 7.14. The van der Waals surface area contributed by atoms with E-state index >= 15 is 0 Å². The lowest BCUT2D eigenvalue weighted by Crippen LogP contribution is -2.34. The smallest absolute Gasteiger partial charge is 0.227 e. The maximum Gasteiger partial charge on any atom is 0.227 e. The zero-order chi connectivity index (χ0) is 19.8. The van der Waals surface area contributed by atoms with Gasteiger partial charge >= 0.3 is 0 Å². The van der Waals surface area contributed by atoms with Crippen molar-refractivity contribution in [1.82, 2.24) is 25.3 Å². The Balaban J connectivity index is 1.40. The molecule has 1 N–H and O–H groups in total. The van der Waals surface area contributed by atoms with Crippen LogP contribution in [0.25, 0.3) is 5.65 Å². The molecule has 1 aliphatic heterocycles. The van der Waals surface area contributed by atoms with Gasteiger partial charge in [-0.25, -0.2) is 0 Å². The second-order valence-corrected chi connectivity index (χ2v) is 7.26. The fraction of sp³-hybridized carbons (Fsp3) is 0.150. The van der Waals surface area contributed by atoms with E-state index in [1.807, 2.05) is 47.4 Å². The van der Waals surface area contributed by atoms with Crippen LogP contribution >= 0.6 is 11.6 Å². The molecular weight excluding hydrogens is 390 g/mol. The van der Waals surface area contributed by atoms with Gasteiger partial charge in [0.1, 0.15) is 0 Å². The zero-order valence-electron chi connectivity index (χ0n) is 15.3. The third-order valence-corrected chi connectivity index (χ3v) is 5.13. The Morgan fingerprint density at radius 1 is 1.03 bits per heavy atom. The van der Waals surface area contributed by atoms with Crippen LogP contribution in [0.2, 0.25) is 5.02 Å². The molecule has 0 aliphatic carbocycles. The Hall–Kier alpha value is -3.52. The molecule has 5 rings (SSSR count). The number of hydrogen-bond acceptors (Lipinski definition) is 6. The van der Waals surface area contributed by atoms with E-state index in [9.17, 15) is 4.79 Å². The molecule has 1 aliphatic rings. The number of halogens is 1. The predicted molar refractivity (Wildman–Crippen MR) is 109 cm³/mol. The molecule has 2 aromatic carbocycles. The van der Waals surface area contributed by atoms with Gasteiger partial charge in [0, 0.05) is 22.8 Å². The van der Waals surface area contributed by atoms with E-state index in [4.69, 9.17) is 11.6 Å². The number of carbonyl (C=O) groups excluding carboxylic acids is 1. The summed E-state index contributed by atoms with van der Waals surface area (Å²) >= 11 is 5.97. The number of nitrogens with one attached hydrogen (secondary N) is 1. The van der Waals surface area contributed by atoms with E-state index in [1.54, 1.807) is 6.07 Å². The van der Waals surface area contributed by atoms with Crippen molar-refractivity contribution in [1.29, 1.82) is 0 Å². The molecule has 144 valence electrons. The van der Waals surface area contributed by atoms with Crippen LogP contribution in [-0.4, -0.2) is 31.2 Å². The number of aryl methyl sites for hydroxylation is 1. The van der Waals surface area contributed by atoms with Gasteiger partial charge in [-0.2, -0.15) is 0 Å². The summed E-state index contributed by atoms with van der Waals surface area (Å²) in [7, 11) is 0. The molecule has 4 aromatic rings. The highest BCUT2D eigenvalue weighted by molar-refractivity contribution is 6.30. The lowest BCUT2D eigenvalue weighted by atomic mass is 9.99. The summed E-state index contributed by atoms with van der Waals surface area (Å²) in [4.78, 5) is 14.4. The number of anilines is 3. The molecule has 0 radical (unpaired) electrons. The van der Waals surface area contributed by atoms with E-state index in [0.717, 1.165) is 22.5 Å². The minimum atomic E-state index is 0.124. The molecule has 2 aromatic heterocycles. The number of carbonyl (C=O) groups is 1. The molecule has 3 heterocycles. The average molecular weight is 406 g/mol. The molecule has 9 heteroatoms. The van der Waals surface area contributed by atoms with E-state index < -0.39 is 0 Å². The summed E-state index contributed by atoms with van der Waals surface area (Å²) in [5.41, 5.74) is 4.57. The quantitative estimate of drug-likeness (QED) is 0.559. The van der Waals surface area contributed by atoms with Crippen molar-refractivity contribution in [2.45, 2.75) is 19.4 Å². The molecule has 8 nitrogen and oxygen atoms in total. The van der Waals surface area contributed by atoms with Crippen LogP contribution in [0.4, 0.5) is 17.2 Å². The third kappa shape index (κ3) is 3.50. The minimum absolute atomic E-state index is 0.124. The van der Waals surface area contributed by atoms with Gasteiger partial charge in [0.25, 0.3) is 0 Å². The van der Waals surface area contributed by atoms with Crippen molar-refractivity contribution in [3.8, 4) is 0 Å². The maximum atomic E-state index is 12.6. The molecule has 29 heavy (non-hydrogen) atoms. The number of amides is 1. The summed E-state index contributed by atoms with van der Waals surface area (Å²) in [6.07, 6.45) is 1.19. The lowest BCUT2D eigenvalue weighted by molar-refractivity contribution is -0.119. The van der Waals surface area contributed by atoms with Gasteiger partial charge in [0.15, 0.2) is 11.5 Å². The van der Waals surface area contributed by atoms with E-state index in [2.05, 4.69) is 32.0 Å². The van der Waals surface area contributed by atoms with Crippen molar-refractivity contribution in [2.24, 2.45) is 0 Å². The Morgan fingerprint density at radius 3 is 2.76 bits per heavy atom. The molecule has 1 amide bonds. The Kier molecular flexibility index (Phi) is 4.33. The van der Waals surface area contributed by atoms with Gasteiger partial charge in [0.05, 0.1) is 6.54 Å². The largest absolute Gasteiger partial charge is 0.339 e. The first-order valence-corrected chi connectivity index (χ1v) is 9.54. The molecular formula is C20H16ClN7O. The topological polar surface area (TPSA) is 88.3 Å². The first-order valence-electron chi connectivity index (χ1n) is 9.16. The average Bonchev–Trinajstić information content (AvgIpc) is 3.19. The number of tetrazole rings is 1. The van der Waals surface area contributed by atoms with Gasteiger partial charge in [-0.1, -0.05) is 23.7 Å². The van der Waals surface area contributed by atoms with Crippen molar-refractivity contribution in [2.75, 3.05) is 10.2 Å². The zero-order valence-corrected chi connectivity index (χ0v) is 16.0. The van der Waals surface area contributed by atoms with E-state index in [0.29, 0.717) is 35.9 Å². The van der Waals surface area contributed by atoms with E-state index in [-0.39, 0.29) is 5.91 Å². The molecule has 0 saturated heterocycles. The van der Waals surface area contributed by atoms with Gasteiger partial charge in [-0.3, -0.25) is 4.79 Å². The van der Waals surface area contributed by atoms with Gasteiger partial charge in [0.2, 0.25) is 5.91 Å². The summed E-state index contributed by atoms with van der Waals surface area (Å²) in [6.45, 7) is 0.521. The summed E-state index contributed by atoms with van der Waals surface area (Å²) in [5.74, 6) is 0.758. The fourth-order valence-electron chi connectivity index (χ4n) is 3.45. The predicted octanol–water partition coefficient (Wildman–Crippen LogP) is 3.40. The number of nitrogens with zero attached hydrogens (tertiary/aromatic N) is 6. The van der Waals surface area contributed by atoms with Gasteiger partial charge < -0.3 is 10.2 Å². The molecule has 0 fully saturated rings. The standard InChI is InChI=1S/C20H16ClN7O/c21-15-4-1-13(2-5-15)12-27-17-7-6-16(11-14(17)3-10-20(27)29)22-18-8-9-19-23-25-26-28(19)24-18/h1-2,4-9,11H,3,10,12H2,(H,22,24). The van der Waals surface area contributed by atoms with Crippen molar-refractivity contribution >= 4 is 40.3 Å². The highest BCUT2D eigenvalue weighted by atomic mass is 35.5. The minimum Gasteiger partial charge on any atom is -0.339 e. The number of hydrogen-bond donors (Lipinski definition) is 1. The molecule has 0 bridgehead atoms. The summed E-state index contributed by atoms with van der Waals surface area (Å²) < 4.78 is 1.37. The Labute approximate surface area is 171 Å². The number of benzene rings is 2. The summed E-state index contributed by atoms with van der Waals surface area (Å²) in [5, 5.41) is 19.5. The van der Waals surface area contributed by atoms with Crippen LogP contribution < -0.4 is 10.2 Å². The highest BCUT2D eigenvalue weighted by Gasteiger charge is 2.24. The van der Waals surface area contributed by atoms with Crippen molar-refractivity contribution < 1.29 is 4.79 Å².